The number of carbonyl (C=O) groups is 1. The van der Waals surface area contributed by atoms with E-state index in [1.807, 2.05) is 0 Å². The van der Waals surface area contributed by atoms with Gasteiger partial charge in [-0.3, -0.25) is 15.1 Å². The van der Waals surface area contributed by atoms with E-state index in [1.54, 1.807) is 13.0 Å². The number of nitrogens with one attached hydrogen (secondary N) is 1. The summed E-state index contributed by atoms with van der Waals surface area (Å²) in [4.78, 5) is 13.0. The molecule has 3 nitrogen and oxygen atoms in total. The first kappa shape index (κ1) is 16.0. The second-order valence-electron chi connectivity index (χ2n) is 4.82. The molecular weight excluding hydrogens is 293 g/mol. The van der Waals surface area contributed by atoms with Crippen LogP contribution in [-0.2, 0) is 17.4 Å². The largest absolute Gasteiger partial charge is 0.416 e. The maximum atomic E-state index is 12.9. The Labute approximate surface area is 126 Å². The number of halogens is 3. The fraction of sp³-hybridized carbons (Fsp3) is 0.250. The lowest BCUT2D eigenvalue weighted by Crippen LogP contribution is -2.40. The first-order chi connectivity index (χ1) is 10.3. The van der Waals surface area contributed by atoms with E-state index in [0.29, 0.717) is 5.57 Å². The summed E-state index contributed by atoms with van der Waals surface area (Å²) in [5.41, 5.74) is -0.0105. The molecule has 0 aromatic heterocycles. The second kappa shape index (κ2) is 6.17. The van der Waals surface area contributed by atoms with Gasteiger partial charge >= 0.3 is 6.18 Å². The molecule has 116 valence electrons. The molecule has 0 atom stereocenters. The quantitative estimate of drug-likeness (QED) is 0.911. The van der Waals surface area contributed by atoms with Gasteiger partial charge in [-0.1, -0.05) is 24.3 Å². The van der Waals surface area contributed by atoms with E-state index in [9.17, 15) is 18.0 Å². The Bertz CT molecular complexity index is 660. The normalized spacial score (nSPS) is 17.5. The number of allylic oxidation sites excluding steroid dienone is 1. The second-order valence-corrected chi connectivity index (χ2v) is 4.82. The number of amides is 1. The molecule has 2 rings (SSSR count). The maximum absolute atomic E-state index is 12.9. The van der Waals surface area contributed by atoms with Gasteiger partial charge < -0.3 is 0 Å². The van der Waals surface area contributed by atoms with Crippen molar-refractivity contribution >= 4 is 11.7 Å². The van der Waals surface area contributed by atoms with E-state index in [2.05, 4.69) is 0 Å². The third-order valence-corrected chi connectivity index (χ3v) is 3.45. The molecule has 0 saturated heterocycles. The van der Waals surface area contributed by atoms with Gasteiger partial charge in [-0.15, -0.1) is 0 Å². The smallest absolute Gasteiger partial charge is 0.293 e. The van der Waals surface area contributed by atoms with Crippen LogP contribution < -0.4 is 0 Å². The molecule has 0 spiro atoms. The number of hydrogen-bond donors (Lipinski definition) is 1. The highest BCUT2D eigenvalue weighted by Crippen LogP contribution is 2.32. The molecule has 0 fully saturated rings. The predicted molar refractivity (Wildman–Crippen MR) is 77.5 cm³/mol. The van der Waals surface area contributed by atoms with Crippen LogP contribution >= 0.6 is 0 Å². The lowest BCUT2D eigenvalue weighted by molar-refractivity contribution is -0.138. The third kappa shape index (κ3) is 3.27. The zero-order chi connectivity index (χ0) is 16.3. The van der Waals surface area contributed by atoms with Gasteiger partial charge in [0.05, 0.1) is 5.56 Å². The van der Waals surface area contributed by atoms with E-state index in [4.69, 9.17) is 5.41 Å². The van der Waals surface area contributed by atoms with Crippen LogP contribution in [0.25, 0.3) is 0 Å². The first-order valence-corrected chi connectivity index (χ1v) is 6.74. The van der Waals surface area contributed by atoms with Crippen LogP contribution in [0, 0.1) is 5.41 Å². The molecule has 1 aliphatic heterocycles. The monoisotopic (exact) mass is 308 g/mol. The Kier molecular flexibility index (Phi) is 4.49. The highest BCUT2D eigenvalue weighted by molar-refractivity contribution is 6.14. The minimum atomic E-state index is -4.43. The van der Waals surface area contributed by atoms with Gasteiger partial charge in [0.25, 0.3) is 5.91 Å². The van der Waals surface area contributed by atoms with Crippen molar-refractivity contribution in [1.29, 1.82) is 5.41 Å². The molecule has 0 saturated carbocycles. The number of carbonyl (C=O) groups excluding carboxylic acids is 1. The number of hydrogen-bond acceptors (Lipinski definition) is 2. The number of nitrogens with zero attached hydrogens (tertiary/aromatic N) is 1. The molecule has 0 bridgehead atoms. The van der Waals surface area contributed by atoms with Crippen LogP contribution in [0.5, 0.6) is 0 Å². The van der Waals surface area contributed by atoms with Crippen LogP contribution in [0.3, 0.4) is 0 Å². The predicted octanol–water partition coefficient (Wildman–Crippen LogP) is 3.57. The van der Waals surface area contributed by atoms with Crippen LogP contribution in [0.2, 0.25) is 0 Å². The van der Waals surface area contributed by atoms with Crippen molar-refractivity contribution in [2.24, 2.45) is 0 Å². The lowest BCUT2D eigenvalue weighted by Gasteiger charge is -2.26. The van der Waals surface area contributed by atoms with Crippen LogP contribution in [0.1, 0.15) is 18.1 Å². The van der Waals surface area contributed by atoms with E-state index in [-0.39, 0.29) is 30.3 Å². The summed E-state index contributed by atoms with van der Waals surface area (Å²) < 4.78 is 38.8. The summed E-state index contributed by atoms with van der Waals surface area (Å²) in [6, 6.07) is 5.29. The summed E-state index contributed by atoms with van der Waals surface area (Å²) in [6.45, 7) is 1.77. The van der Waals surface area contributed by atoms with Gasteiger partial charge in [-0.25, -0.2) is 0 Å². The van der Waals surface area contributed by atoms with Crippen molar-refractivity contribution in [3.05, 3.63) is 59.2 Å². The Hall–Kier alpha value is -2.37. The lowest BCUT2D eigenvalue weighted by atomic mass is 10.0. The summed E-state index contributed by atoms with van der Waals surface area (Å²) in [5.74, 6) is -0.375. The Morgan fingerprint density at radius 3 is 2.55 bits per heavy atom. The van der Waals surface area contributed by atoms with E-state index in [0.717, 1.165) is 6.07 Å². The zero-order valence-electron chi connectivity index (χ0n) is 11.9. The van der Waals surface area contributed by atoms with Crippen LogP contribution in [0.4, 0.5) is 13.2 Å². The minimum Gasteiger partial charge on any atom is -0.293 e. The molecule has 0 aliphatic carbocycles. The average molecular weight is 308 g/mol. The third-order valence-electron chi connectivity index (χ3n) is 3.45. The summed E-state index contributed by atoms with van der Waals surface area (Å²) in [5, 5.41) is 7.94. The number of amidine groups is 1. The van der Waals surface area contributed by atoms with Crippen molar-refractivity contribution in [1.82, 2.24) is 4.90 Å². The van der Waals surface area contributed by atoms with Gasteiger partial charge in [0.15, 0.2) is 0 Å². The van der Waals surface area contributed by atoms with E-state index in [1.165, 1.54) is 35.3 Å². The molecule has 1 aromatic rings. The maximum Gasteiger partial charge on any atom is 0.416 e. The molecule has 1 N–H and O–H groups in total. The molecule has 1 heterocycles. The van der Waals surface area contributed by atoms with Gasteiger partial charge in [0.1, 0.15) is 5.84 Å². The molecule has 22 heavy (non-hydrogen) atoms. The van der Waals surface area contributed by atoms with Crippen LogP contribution in [-0.4, -0.2) is 23.2 Å². The van der Waals surface area contributed by atoms with E-state index < -0.39 is 11.7 Å². The molecular formula is C16H15F3N2O. The highest BCUT2D eigenvalue weighted by Gasteiger charge is 2.33. The van der Waals surface area contributed by atoms with E-state index >= 15 is 0 Å². The SMILES string of the molecule is C/C=C1/C=CC(=O)N(CCc2ccccc2C(F)(F)F)C1=N. The number of rotatable bonds is 3. The number of benzene rings is 1. The molecule has 0 radical (unpaired) electrons. The molecule has 1 aliphatic rings. The van der Waals surface area contributed by atoms with Gasteiger partial charge in [-0.05, 0) is 31.1 Å². The average Bonchev–Trinajstić information content (AvgIpc) is 2.46. The molecule has 1 amide bonds. The standard InChI is InChI=1S/C16H15F3N2O/c1-2-11-7-8-14(22)21(15(11)20)10-9-12-5-3-4-6-13(12)16(17,18)19/h2-8,20H,9-10H2,1H3/b11-2-,20-15?. The van der Waals surface area contributed by atoms with Crippen molar-refractivity contribution in [3.8, 4) is 0 Å². The zero-order valence-corrected chi connectivity index (χ0v) is 11.9. The minimum absolute atomic E-state index is 0.0134. The van der Waals surface area contributed by atoms with Gasteiger partial charge in [0.2, 0.25) is 0 Å². The first-order valence-electron chi connectivity index (χ1n) is 6.74. The fourth-order valence-corrected chi connectivity index (χ4v) is 2.30. The molecule has 0 unspecified atom stereocenters. The molecule has 1 aromatic carbocycles. The molecule has 6 heteroatoms. The summed E-state index contributed by atoms with van der Waals surface area (Å²) in [6.07, 6.45) is 0.148. The number of alkyl halides is 3. The Balaban J connectivity index is 2.19. The topological polar surface area (TPSA) is 44.2 Å². The van der Waals surface area contributed by atoms with Gasteiger partial charge in [-0.2, -0.15) is 13.2 Å². The fourth-order valence-electron chi connectivity index (χ4n) is 2.30. The van der Waals surface area contributed by atoms with Crippen molar-refractivity contribution < 1.29 is 18.0 Å². The Morgan fingerprint density at radius 2 is 1.91 bits per heavy atom. The van der Waals surface area contributed by atoms with Crippen molar-refractivity contribution in [2.45, 2.75) is 19.5 Å². The van der Waals surface area contributed by atoms with Crippen molar-refractivity contribution in [3.63, 3.8) is 0 Å². The van der Waals surface area contributed by atoms with Gasteiger partial charge in [0, 0.05) is 18.2 Å². The summed E-state index contributed by atoms with van der Waals surface area (Å²) in [7, 11) is 0. The summed E-state index contributed by atoms with van der Waals surface area (Å²) >= 11 is 0. The van der Waals surface area contributed by atoms with Crippen LogP contribution in [0.15, 0.2) is 48.1 Å². The van der Waals surface area contributed by atoms with Crippen molar-refractivity contribution in [2.75, 3.05) is 6.54 Å². The Morgan fingerprint density at radius 1 is 1.23 bits per heavy atom. The highest BCUT2D eigenvalue weighted by atomic mass is 19.4.